The molecule has 1 aromatic heterocycles. The summed E-state index contributed by atoms with van der Waals surface area (Å²) in [5.74, 6) is 0.415. The molecule has 0 fully saturated rings. The van der Waals surface area contributed by atoms with Gasteiger partial charge in [-0.3, -0.25) is 0 Å². The summed E-state index contributed by atoms with van der Waals surface area (Å²) in [5.41, 5.74) is 5.44. The number of hydrogen-bond acceptors (Lipinski definition) is 4. The molecule has 0 aliphatic heterocycles. The number of nitrogens with zero attached hydrogens (tertiary/aromatic N) is 2. The summed E-state index contributed by atoms with van der Waals surface area (Å²) in [5, 5.41) is 1.48. The van der Waals surface area contributed by atoms with E-state index in [0.29, 0.717) is 10.8 Å². The predicted octanol–water partition coefficient (Wildman–Crippen LogP) is 2.86. The molecular formula is C10H8ClN3S. The van der Waals surface area contributed by atoms with Crippen molar-refractivity contribution in [2.75, 3.05) is 5.73 Å². The summed E-state index contributed by atoms with van der Waals surface area (Å²) >= 11 is 7.47. The smallest absolute Gasteiger partial charge is 0.141 e. The van der Waals surface area contributed by atoms with Gasteiger partial charge in [0.15, 0.2) is 0 Å². The van der Waals surface area contributed by atoms with Crippen LogP contribution in [0.15, 0.2) is 46.6 Å². The lowest BCUT2D eigenvalue weighted by atomic mass is 10.4. The number of benzene rings is 1. The third-order valence-corrected chi connectivity index (χ3v) is 3.14. The first kappa shape index (κ1) is 10.3. The molecular weight excluding hydrogens is 230 g/mol. The summed E-state index contributed by atoms with van der Waals surface area (Å²) in [6, 6.07) is 7.60. The number of nitrogen functional groups attached to an aromatic ring is 1. The maximum Gasteiger partial charge on any atom is 0.141 e. The molecule has 0 amide bonds. The molecule has 0 aliphatic carbocycles. The van der Waals surface area contributed by atoms with Gasteiger partial charge in [0.2, 0.25) is 0 Å². The lowest BCUT2D eigenvalue weighted by Gasteiger charge is -2.02. The fourth-order valence-electron chi connectivity index (χ4n) is 1.02. The molecule has 1 aromatic carbocycles. The molecule has 0 atom stereocenters. The van der Waals surface area contributed by atoms with Gasteiger partial charge in [-0.25, -0.2) is 9.97 Å². The molecule has 2 N–H and O–H groups in total. The van der Waals surface area contributed by atoms with Crippen LogP contribution in [0.1, 0.15) is 0 Å². The Bertz CT molecular complexity index is 458. The van der Waals surface area contributed by atoms with Crippen molar-refractivity contribution in [2.45, 2.75) is 9.92 Å². The van der Waals surface area contributed by atoms with Gasteiger partial charge in [-0.15, -0.1) is 0 Å². The maximum atomic E-state index is 6.01. The molecule has 0 spiro atoms. The van der Waals surface area contributed by atoms with Crippen LogP contribution in [-0.2, 0) is 0 Å². The van der Waals surface area contributed by atoms with Gasteiger partial charge in [0, 0.05) is 4.90 Å². The Morgan fingerprint density at radius 2 is 1.93 bits per heavy atom. The number of nitrogens with two attached hydrogens (primary N) is 1. The summed E-state index contributed by atoms with van der Waals surface area (Å²) in [4.78, 5) is 9.04. The zero-order valence-corrected chi connectivity index (χ0v) is 9.29. The van der Waals surface area contributed by atoms with Crippen LogP contribution >= 0.6 is 23.4 Å². The van der Waals surface area contributed by atoms with E-state index in [1.807, 2.05) is 24.3 Å². The highest BCUT2D eigenvalue weighted by Crippen LogP contribution is 2.31. The third kappa shape index (κ3) is 2.61. The highest BCUT2D eigenvalue weighted by atomic mass is 35.5. The standard InChI is InChI=1S/C10H8ClN3S/c11-7-3-1-2-4-8(7)15-10-6-13-9(12)5-14-10/h1-6H,(H2,12,13). The average molecular weight is 238 g/mol. The minimum absolute atomic E-state index is 0.415. The molecule has 0 aliphatic rings. The van der Waals surface area contributed by atoms with E-state index in [4.69, 9.17) is 17.3 Å². The minimum atomic E-state index is 0.415. The number of halogens is 1. The Morgan fingerprint density at radius 1 is 1.13 bits per heavy atom. The van der Waals surface area contributed by atoms with E-state index < -0.39 is 0 Å². The molecule has 0 bridgehead atoms. The maximum absolute atomic E-state index is 6.01. The van der Waals surface area contributed by atoms with Crippen molar-refractivity contribution in [3.63, 3.8) is 0 Å². The summed E-state index contributed by atoms with van der Waals surface area (Å²) in [7, 11) is 0. The Morgan fingerprint density at radius 3 is 2.60 bits per heavy atom. The van der Waals surface area contributed by atoms with Gasteiger partial charge in [0.05, 0.1) is 17.4 Å². The van der Waals surface area contributed by atoms with Gasteiger partial charge in [0.1, 0.15) is 10.8 Å². The first-order valence-electron chi connectivity index (χ1n) is 4.25. The number of aromatic nitrogens is 2. The van der Waals surface area contributed by atoms with E-state index in [-0.39, 0.29) is 0 Å². The minimum Gasteiger partial charge on any atom is -0.382 e. The Labute approximate surface area is 96.7 Å². The van der Waals surface area contributed by atoms with Crippen LogP contribution < -0.4 is 5.73 Å². The van der Waals surface area contributed by atoms with Crippen molar-refractivity contribution < 1.29 is 0 Å². The molecule has 0 saturated carbocycles. The molecule has 0 unspecified atom stereocenters. The topological polar surface area (TPSA) is 51.8 Å². The summed E-state index contributed by atoms with van der Waals surface area (Å²) < 4.78 is 0. The van der Waals surface area contributed by atoms with Crippen molar-refractivity contribution in [3.8, 4) is 0 Å². The lowest BCUT2D eigenvalue weighted by Crippen LogP contribution is -1.91. The van der Waals surface area contributed by atoms with E-state index in [1.54, 1.807) is 6.20 Å². The molecule has 2 rings (SSSR count). The predicted molar refractivity (Wildman–Crippen MR) is 62.0 cm³/mol. The van der Waals surface area contributed by atoms with E-state index in [0.717, 1.165) is 9.92 Å². The van der Waals surface area contributed by atoms with Gasteiger partial charge < -0.3 is 5.73 Å². The van der Waals surface area contributed by atoms with Crippen LogP contribution in [0.4, 0.5) is 5.82 Å². The van der Waals surface area contributed by atoms with Crippen LogP contribution in [0.5, 0.6) is 0 Å². The Hall–Kier alpha value is -1.26. The van der Waals surface area contributed by atoms with E-state index in [9.17, 15) is 0 Å². The van der Waals surface area contributed by atoms with Crippen molar-refractivity contribution >= 4 is 29.2 Å². The first-order valence-corrected chi connectivity index (χ1v) is 5.45. The van der Waals surface area contributed by atoms with Crippen molar-refractivity contribution in [1.29, 1.82) is 0 Å². The third-order valence-electron chi connectivity index (χ3n) is 1.70. The first-order chi connectivity index (χ1) is 7.25. The van der Waals surface area contributed by atoms with E-state index in [1.165, 1.54) is 18.0 Å². The Balaban J connectivity index is 2.22. The molecule has 0 radical (unpaired) electrons. The summed E-state index contributed by atoms with van der Waals surface area (Å²) in [6.45, 7) is 0. The van der Waals surface area contributed by atoms with Crippen LogP contribution in [0, 0.1) is 0 Å². The monoisotopic (exact) mass is 237 g/mol. The molecule has 3 nitrogen and oxygen atoms in total. The molecule has 15 heavy (non-hydrogen) atoms. The fourth-order valence-corrected chi connectivity index (χ4v) is 2.02. The fraction of sp³-hybridized carbons (Fsp3) is 0. The lowest BCUT2D eigenvalue weighted by molar-refractivity contribution is 1.06. The average Bonchev–Trinajstić information content (AvgIpc) is 2.25. The Kier molecular flexibility index (Phi) is 3.08. The van der Waals surface area contributed by atoms with Gasteiger partial charge in [0.25, 0.3) is 0 Å². The zero-order chi connectivity index (χ0) is 10.7. The van der Waals surface area contributed by atoms with Crippen LogP contribution in [0.3, 0.4) is 0 Å². The molecule has 5 heteroatoms. The summed E-state index contributed by atoms with van der Waals surface area (Å²) in [6.07, 6.45) is 3.16. The van der Waals surface area contributed by atoms with Crippen LogP contribution in [0.25, 0.3) is 0 Å². The van der Waals surface area contributed by atoms with Gasteiger partial charge in [-0.1, -0.05) is 35.5 Å². The van der Waals surface area contributed by atoms with Gasteiger partial charge in [-0.2, -0.15) is 0 Å². The highest BCUT2D eigenvalue weighted by Gasteiger charge is 2.02. The molecule has 2 aromatic rings. The molecule has 76 valence electrons. The van der Waals surface area contributed by atoms with E-state index >= 15 is 0 Å². The van der Waals surface area contributed by atoms with Crippen LogP contribution in [0.2, 0.25) is 5.02 Å². The van der Waals surface area contributed by atoms with Gasteiger partial charge in [-0.05, 0) is 12.1 Å². The van der Waals surface area contributed by atoms with Crippen molar-refractivity contribution in [2.24, 2.45) is 0 Å². The molecule has 1 heterocycles. The second-order valence-electron chi connectivity index (χ2n) is 2.81. The molecule has 0 saturated heterocycles. The van der Waals surface area contributed by atoms with Crippen molar-refractivity contribution in [3.05, 3.63) is 41.7 Å². The number of anilines is 1. The highest BCUT2D eigenvalue weighted by molar-refractivity contribution is 7.99. The van der Waals surface area contributed by atoms with Crippen LogP contribution in [-0.4, -0.2) is 9.97 Å². The number of hydrogen-bond donors (Lipinski definition) is 1. The second-order valence-corrected chi connectivity index (χ2v) is 4.28. The van der Waals surface area contributed by atoms with Gasteiger partial charge >= 0.3 is 0 Å². The van der Waals surface area contributed by atoms with E-state index in [2.05, 4.69) is 9.97 Å². The normalized spacial score (nSPS) is 10.2. The largest absolute Gasteiger partial charge is 0.382 e. The quantitative estimate of drug-likeness (QED) is 0.873. The zero-order valence-electron chi connectivity index (χ0n) is 7.72. The second kappa shape index (κ2) is 4.51. The number of rotatable bonds is 2. The SMILES string of the molecule is Nc1cnc(Sc2ccccc2Cl)cn1. The van der Waals surface area contributed by atoms with Crippen molar-refractivity contribution in [1.82, 2.24) is 9.97 Å².